The first-order valence-electron chi connectivity index (χ1n) is 5.88. The molecular weight excluding hydrogens is 222 g/mol. The molecule has 0 radical (unpaired) electrons. The highest BCUT2D eigenvalue weighted by Crippen LogP contribution is 2.18. The molecule has 0 aromatic carbocycles. The van der Waals surface area contributed by atoms with Crippen LogP contribution in [-0.4, -0.2) is 43.3 Å². The van der Waals surface area contributed by atoms with Gasteiger partial charge in [-0.15, -0.1) is 0 Å². The Hall–Kier alpha value is -1.52. The molecule has 1 fully saturated rings. The Labute approximate surface area is 101 Å². The monoisotopic (exact) mass is 241 g/mol. The van der Waals surface area contributed by atoms with Crippen molar-refractivity contribution in [3.05, 3.63) is 12.7 Å². The molecule has 0 aromatic heterocycles. The molecule has 1 amide bonds. The SMILES string of the molecule is C=CCOC(=O)N1CCC[C@H](C(=O)OCC)C1. The molecule has 1 rings (SSSR count). The molecule has 0 bridgehead atoms. The van der Waals surface area contributed by atoms with E-state index in [1.807, 2.05) is 0 Å². The van der Waals surface area contributed by atoms with Crippen molar-refractivity contribution in [2.75, 3.05) is 26.3 Å². The molecule has 0 aromatic rings. The van der Waals surface area contributed by atoms with Crippen LogP contribution >= 0.6 is 0 Å². The second kappa shape index (κ2) is 6.93. The first-order chi connectivity index (χ1) is 8.19. The minimum Gasteiger partial charge on any atom is -0.466 e. The zero-order valence-electron chi connectivity index (χ0n) is 10.2. The summed E-state index contributed by atoms with van der Waals surface area (Å²) in [7, 11) is 0. The summed E-state index contributed by atoms with van der Waals surface area (Å²) in [5.74, 6) is -0.450. The van der Waals surface area contributed by atoms with Gasteiger partial charge in [-0.3, -0.25) is 4.79 Å². The average Bonchev–Trinajstić information content (AvgIpc) is 2.36. The maximum absolute atomic E-state index is 11.6. The van der Waals surface area contributed by atoms with Crippen molar-refractivity contribution in [3.63, 3.8) is 0 Å². The number of carbonyl (C=O) groups excluding carboxylic acids is 2. The molecule has 0 saturated carbocycles. The van der Waals surface area contributed by atoms with Crippen LogP contribution in [0.2, 0.25) is 0 Å². The smallest absolute Gasteiger partial charge is 0.410 e. The van der Waals surface area contributed by atoms with Crippen LogP contribution in [0.3, 0.4) is 0 Å². The molecule has 0 aliphatic carbocycles. The molecule has 1 saturated heterocycles. The molecule has 5 heteroatoms. The van der Waals surface area contributed by atoms with E-state index in [0.29, 0.717) is 19.7 Å². The minimum atomic E-state index is -0.390. The number of piperidine rings is 1. The standard InChI is InChI=1S/C12H19NO4/c1-3-8-17-12(15)13-7-5-6-10(9-13)11(14)16-4-2/h3,10H,1,4-9H2,2H3/t10-/m0/s1. The highest BCUT2D eigenvalue weighted by atomic mass is 16.6. The second-order valence-corrected chi connectivity index (χ2v) is 3.90. The quantitative estimate of drug-likeness (QED) is 0.554. The number of esters is 1. The van der Waals surface area contributed by atoms with Gasteiger partial charge in [-0.05, 0) is 19.8 Å². The number of carbonyl (C=O) groups is 2. The summed E-state index contributed by atoms with van der Waals surface area (Å²) in [6, 6.07) is 0. The summed E-state index contributed by atoms with van der Waals surface area (Å²) in [6.45, 7) is 6.83. The van der Waals surface area contributed by atoms with E-state index in [2.05, 4.69) is 6.58 Å². The van der Waals surface area contributed by atoms with Crippen molar-refractivity contribution < 1.29 is 19.1 Å². The third-order valence-electron chi connectivity index (χ3n) is 2.62. The van der Waals surface area contributed by atoms with E-state index in [4.69, 9.17) is 9.47 Å². The van der Waals surface area contributed by atoms with Crippen LogP contribution in [0.15, 0.2) is 12.7 Å². The van der Waals surface area contributed by atoms with Crippen LogP contribution in [0.1, 0.15) is 19.8 Å². The number of rotatable bonds is 4. The average molecular weight is 241 g/mol. The van der Waals surface area contributed by atoms with E-state index in [1.54, 1.807) is 11.8 Å². The van der Waals surface area contributed by atoms with Crippen molar-refractivity contribution in [3.8, 4) is 0 Å². The topological polar surface area (TPSA) is 55.8 Å². The molecule has 1 aliphatic rings. The van der Waals surface area contributed by atoms with Gasteiger partial charge in [-0.25, -0.2) is 4.79 Å². The summed E-state index contributed by atoms with van der Waals surface area (Å²) >= 11 is 0. The largest absolute Gasteiger partial charge is 0.466 e. The Balaban J connectivity index is 2.45. The fourth-order valence-electron chi connectivity index (χ4n) is 1.82. The van der Waals surface area contributed by atoms with Gasteiger partial charge in [0.15, 0.2) is 0 Å². The Morgan fingerprint density at radius 2 is 2.24 bits per heavy atom. The van der Waals surface area contributed by atoms with Crippen LogP contribution in [0, 0.1) is 5.92 Å². The summed E-state index contributed by atoms with van der Waals surface area (Å²) in [6.07, 6.45) is 2.69. The number of amides is 1. The number of nitrogens with zero attached hydrogens (tertiary/aromatic N) is 1. The van der Waals surface area contributed by atoms with Crippen LogP contribution in [-0.2, 0) is 14.3 Å². The molecule has 1 aliphatic heterocycles. The summed E-state index contributed by atoms with van der Waals surface area (Å²) < 4.78 is 9.89. The summed E-state index contributed by atoms with van der Waals surface area (Å²) in [4.78, 5) is 24.7. The first kappa shape index (κ1) is 13.5. The van der Waals surface area contributed by atoms with E-state index in [-0.39, 0.29) is 24.6 Å². The van der Waals surface area contributed by atoms with Gasteiger partial charge < -0.3 is 14.4 Å². The molecule has 17 heavy (non-hydrogen) atoms. The predicted octanol–water partition coefficient (Wildman–Crippen LogP) is 1.58. The molecule has 0 spiro atoms. The number of ether oxygens (including phenoxy) is 2. The van der Waals surface area contributed by atoms with Crippen molar-refractivity contribution in [1.82, 2.24) is 4.90 Å². The highest BCUT2D eigenvalue weighted by Gasteiger charge is 2.29. The van der Waals surface area contributed by atoms with Gasteiger partial charge in [-0.1, -0.05) is 12.7 Å². The third-order valence-corrected chi connectivity index (χ3v) is 2.62. The highest BCUT2D eigenvalue weighted by molar-refractivity contribution is 5.74. The van der Waals surface area contributed by atoms with Crippen molar-refractivity contribution in [2.24, 2.45) is 5.92 Å². The van der Waals surface area contributed by atoms with Crippen molar-refractivity contribution in [1.29, 1.82) is 0 Å². The lowest BCUT2D eigenvalue weighted by atomic mass is 9.99. The molecule has 1 heterocycles. The maximum atomic E-state index is 11.6. The molecular formula is C12H19NO4. The molecule has 1 atom stereocenters. The van der Waals surface area contributed by atoms with Gasteiger partial charge in [-0.2, -0.15) is 0 Å². The van der Waals surface area contributed by atoms with Crippen LogP contribution in [0.4, 0.5) is 4.79 Å². The molecule has 0 unspecified atom stereocenters. The molecule has 5 nitrogen and oxygen atoms in total. The zero-order chi connectivity index (χ0) is 12.7. The van der Waals surface area contributed by atoms with Gasteiger partial charge >= 0.3 is 12.1 Å². The van der Waals surface area contributed by atoms with Crippen molar-refractivity contribution >= 4 is 12.1 Å². The summed E-state index contributed by atoms with van der Waals surface area (Å²) in [5.41, 5.74) is 0. The van der Waals surface area contributed by atoms with Gasteiger partial charge in [0.1, 0.15) is 6.61 Å². The van der Waals surface area contributed by atoms with Gasteiger partial charge in [0.2, 0.25) is 0 Å². The Kier molecular flexibility index (Phi) is 5.52. The molecule has 0 N–H and O–H groups in total. The number of hydrogen-bond acceptors (Lipinski definition) is 4. The Morgan fingerprint density at radius 1 is 1.47 bits per heavy atom. The van der Waals surface area contributed by atoms with E-state index in [9.17, 15) is 9.59 Å². The zero-order valence-corrected chi connectivity index (χ0v) is 10.2. The lowest BCUT2D eigenvalue weighted by Crippen LogP contribution is -2.43. The van der Waals surface area contributed by atoms with E-state index in [0.717, 1.165) is 12.8 Å². The first-order valence-corrected chi connectivity index (χ1v) is 5.88. The van der Waals surface area contributed by atoms with Gasteiger partial charge in [0.05, 0.1) is 12.5 Å². The number of likely N-dealkylation sites (tertiary alicyclic amines) is 1. The Bertz CT molecular complexity index is 290. The van der Waals surface area contributed by atoms with Crippen LogP contribution in [0.25, 0.3) is 0 Å². The predicted molar refractivity (Wildman–Crippen MR) is 62.5 cm³/mol. The van der Waals surface area contributed by atoms with Gasteiger partial charge in [0, 0.05) is 13.1 Å². The van der Waals surface area contributed by atoms with E-state index < -0.39 is 0 Å². The Morgan fingerprint density at radius 3 is 2.88 bits per heavy atom. The second-order valence-electron chi connectivity index (χ2n) is 3.90. The lowest BCUT2D eigenvalue weighted by molar-refractivity contribution is -0.149. The maximum Gasteiger partial charge on any atom is 0.410 e. The summed E-state index contributed by atoms with van der Waals surface area (Å²) in [5, 5.41) is 0. The molecule has 96 valence electrons. The fraction of sp³-hybridized carbons (Fsp3) is 0.667. The van der Waals surface area contributed by atoms with E-state index in [1.165, 1.54) is 6.08 Å². The lowest BCUT2D eigenvalue weighted by Gasteiger charge is -2.30. The van der Waals surface area contributed by atoms with Crippen LogP contribution < -0.4 is 0 Å². The minimum absolute atomic E-state index is 0.194. The normalized spacial score (nSPS) is 19.6. The van der Waals surface area contributed by atoms with Crippen molar-refractivity contribution in [2.45, 2.75) is 19.8 Å². The van der Waals surface area contributed by atoms with E-state index >= 15 is 0 Å². The fourth-order valence-corrected chi connectivity index (χ4v) is 1.82. The third kappa shape index (κ3) is 4.09. The number of hydrogen-bond donors (Lipinski definition) is 0. The van der Waals surface area contributed by atoms with Crippen LogP contribution in [0.5, 0.6) is 0 Å². The van der Waals surface area contributed by atoms with Gasteiger partial charge in [0.25, 0.3) is 0 Å².